The molecule has 0 unspecified atom stereocenters. The molecule has 0 bridgehead atoms. The van der Waals surface area contributed by atoms with Crippen LogP contribution < -0.4 is 0 Å². The monoisotopic (exact) mass is 262 g/mol. The summed E-state index contributed by atoms with van der Waals surface area (Å²) in [5.41, 5.74) is 1.50. The van der Waals surface area contributed by atoms with E-state index in [1.165, 1.54) is 12.1 Å². The minimum atomic E-state index is -0.480. The maximum Gasteiger partial charge on any atom is 0.369 e. The highest BCUT2D eigenvalue weighted by atomic mass is 19.1. The van der Waals surface area contributed by atoms with Crippen molar-refractivity contribution in [3.63, 3.8) is 0 Å². The predicted molar refractivity (Wildman–Crippen MR) is 70.0 cm³/mol. The van der Waals surface area contributed by atoms with Crippen LogP contribution in [0, 0.1) is 5.82 Å². The van der Waals surface area contributed by atoms with Gasteiger partial charge in [0.2, 0.25) is 0 Å². The molecule has 2 rings (SSSR count). The number of nitrogens with zero attached hydrogens (tertiary/aromatic N) is 2. The van der Waals surface area contributed by atoms with Crippen molar-refractivity contribution in [1.82, 2.24) is 4.90 Å². The number of halogens is 1. The number of carbonyl (C=O) groups is 1. The minimum Gasteiger partial charge on any atom is -0.377 e. The van der Waals surface area contributed by atoms with Gasteiger partial charge in [0.15, 0.2) is 0 Å². The van der Waals surface area contributed by atoms with Crippen molar-refractivity contribution in [2.24, 2.45) is 5.16 Å². The number of benzene rings is 1. The molecule has 19 heavy (non-hydrogen) atoms. The zero-order valence-corrected chi connectivity index (χ0v) is 10.9. The van der Waals surface area contributed by atoms with E-state index in [-0.39, 0.29) is 5.82 Å². The number of oxime groups is 1. The van der Waals surface area contributed by atoms with Gasteiger partial charge in [0.1, 0.15) is 17.1 Å². The Morgan fingerprint density at radius 1 is 1.26 bits per heavy atom. The van der Waals surface area contributed by atoms with E-state index in [0.29, 0.717) is 16.8 Å². The number of carbonyl (C=O) groups excluding carboxylic acids is 1. The van der Waals surface area contributed by atoms with Crippen LogP contribution in [0.3, 0.4) is 0 Å². The fraction of sp³-hybridized carbons (Fsp3) is 0.286. The summed E-state index contributed by atoms with van der Waals surface area (Å²) in [6.45, 7) is 5.55. The highest BCUT2D eigenvalue weighted by Gasteiger charge is 2.27. The highest BCUT2D eigenvalue weighted by Crippen LogP contribution is 2.19. The maximum absolute atomic E-state index is 12.9. The lowest BCUT2D eigenvalue weighted by atomic mass is 10.0. The van der Waals surface area contributed by atoms with Crippen molar-refractivity contribution < 1.29 is 14.0 Å². The van der Waals surface area contributed by atoms with E-state index in [1.807, 2.05) is 18.7 Å². The van der Waals surface area contributed by atoms with E-state index >= 15 is 0 Å². The fourth-order valence-electron chi connectivity index (χ4n) is 1.80. The highest BCUT2D eigenvalue weighted by molar-refractivity contribution is 6.28. The van der Waals surface area contributed by atoms with Crippen LogP contribution in [-0.2, 0) is 9.63 Å². The summed E-state index contributed by atoms with van der Waals surface area (Å²) >= 11 is 0. The minimum absolute atomic E-state index is 0.330. The van der Waals surface area contributed by atoms with Crippen molar-refractivity contribution in [3.8, 4) is 0 Å². The molecule has 0 saturated carbocycles. The second-order valence-electron chi connectivity index (χ2n) is 4.09. The Kier molecular flexibility index (Phi) is 3.94. The van der Waals surface area contributed by atoms with Crippen molar-refractivity contribution >= 4 is 11.7 Å². The molecule has 0 radical (unpaired) electrons. The Morgan fingerprint density at radius 3 is 2.47 bits per heavy atom. The van der Waals surface area contributed by atoms with Crippen LogP contribution in [0.25, 0.3) is 0 Å². The molecule has 0 saturated heterocycles. The lowest BCUT2D eigenvalue weighted by Crippen LogP contribution is -2.19. The lowest BCUT2D eigenvalue weighted by molar-refractivity contribution is -0.136. The van der Waals surface area contributed by atoms with Gasteiger partial charge in [-0.2, -0.15) is 0 Å². The first-order valence-electron chi connectivity index (χ1n) is 6.17. The molecule has 5 heteroatoms. The molecular formula is C14H15FN2O2. The first-order chi connectivity index (χ1) is 9.15. The topological polar surface area (TPSA) is 41.9 Å². The van der Waals surface area contributed by atoms with Crippen LogP contribution in [0.1, 0.15) is 19.4 Å². The van der Waals surface area contributed by atoms with Crippen molar-refractivity contribution in [3.05, 3.63) is 47.4 Å². The Bertz CT molecular complexity index is 531. The van der Waals surface area contributed by atoms with E-state index in [9.17, 15) is 9.18 Å². The number of hydrogen-bond acceptors (Lipinski definition) is 4. The molecule has 0 atom stereocenters. The van der Waals surface area contributed by atoms with Gasteiger partial charge in [0.05, 0.1) is 0 Å². The van der Waals surface area contributed by atoms with Gasteiger partial charge < -0.3 is 9.74 Å². The third kappa shape index (κ3) is 2.81. The Balaban J connectivity index is 2.34. The number of hydrogen-bond donors (Lipinski definition) is 0. The third-order valence-electron chi connectivity index (χ3n) is 2.94. The zero-order chi connectivity index (χ0) is 13.8. The quantitative estimate of drug-likeness (QED) is 0.617. The van der Waals surface area contributed by atoms with Crippen LogP contribution in [0.2, 0.25) is 0 Å². The zero-order valence-electron chi connectivity index (χ0n) is 10.9. The molecule has 0 aliphatic carbocycles. The fourth-order valence-corrected chi connectivity index (χ4v) is 1.80. The number of rotatable bonds is 4. The molecule has 0 fully saturated rings. The van der Waals surface area contributed by atoms with Gasteiger partial charge in [-0.05, 0) is 38.1 Å². The molecule has 0 spiro atoms. The van der Waals surface area contributed by atoms with Gasteiger partial charge in [0.25, 0.3) is 0 Å². The van der Waals surface area contributed by atoms with Gasteiger partial charge in [-0.25, -0.2) is 9.18 Å². The summed E-state index contributed by atoms with van der Waals surface area (Å²) < 4.78 is 12.9. The van der Waals surface area contributed by atoms with Gasteiger partial charge in [0, 0.05) is 24.9 Å². The van der Waals surface area contributed by atoms with Gasteiger partial charge in [-0.15, -0.1) is 0 Å². The Morgan fingerprint density at radius 2 is 1.89 bits per heavy atom. The second kappa shape index (κ2) is 5.65. The maximum atomic E-state index is 12.9. The summed E-state index contributed by atoms with van der Waals surface area (Å²) in [7, 11) is 0. The first-order valence-corrected chi connectivity index (χ1v) is 6.17. The molecule has 1 aromatic carbocycles. The summed E-state index contributed by atoms with van der Waals surface area (Å²) in [4.78, 5) is 18.4. The van der Waals surface area contributed by atoms with Crippen molar-refractivity contribution in [2.75, 3.05) is 13.1 Å². The SMILES string of the molecule is CCN(C=C1C(=O)ON=C1c1ccc(F)cc1)CC. The molecule has 4 nitrogen and oxygen atoms in total. The van der Waals surface area contributed by atoms with E-state index in [0.717, 1.165) is 13.1 Å². The van der Waals surface area contributed by atoms with Crippen LogP contribution in [0.15, 0.2) is 41.2 Å². The Labute approximate surface area is 111 Å². The molecular weight excluding hydrogens is 247 g/mol. The van der Waals surface area contributed by atoms with Crippen LogP contribution in [-0.4, -0.2) is 29.7 Å². The van der Waals surface area contributed by atoms with Crippen LogP contribution in [0.5, 0.6) is 0 Å². The molecule has 0 N–H and O–H groups in total. The average molecular weight is 262 g/mol. The van der Waals surface area contributed by atoms with Gasteiger partial charge in [-0.3, -0.25) is 0 Å². The predicted octanol–water partition coefficient (Wildman–Crippen LogP) is 2.31. The summed E-state index contributed by atoms with van der Waals surface area (Å²) in [6.07, 6.45) is 1.73. The molecule has 1 aliphatic rings. The van der Waals surface area contributed by atoms with E-state index in [1.54, 1.807) is 18.3 Å². The van der Waals surface area contributed by atoms with Crippen molar-refractivity contribution in [1.29, 1.82) is 0 Å². The Hall–Kier alpha value is -2.17. The smallest absolute Gasteiger partial charge is 0.369 e. The molecule has 100 valence electrons. The van der Waals surface area contributed by atoms with Gasteiger partial charge >= 0.3 is 5.97 Å². The standard InChI is InChI=1S/C14H15FN2O2/c1-3-17(4-2)9-12-13(16-19-14(12)18)10-5-7-11(15)8-6-10/h5-9H,3-4H2,1-2H3. The molecule has 1 aliphatic heterocycles. The summed E-state index contributed by atoms with van der Waals surface area (Å²) in [5.74, 6) is -0.810. The molecule has 1 heterocycles. The molecule has 0 amide bonds. The largest absolute Gasteiger partial charge is 0.377 e. The first kappa shape index (κ1) is 13.3. The lowest BCUT2D eigenvalue weighted by Gasteiger charge is -2.15. The average Bonchev–Trinajstić information content (AvgIpc) is 2.78. The third-order valence-corrected chi connectivity index (χ3v) is 2.94. The second-order valence-corrected chi connectivity index (χ2v) is 4.09. The summed E-state index contributed by atoms with van der Waals surface area (Å²) in [6, 6.07) is 5.81. The molecule has 1 aromatic rings. The van der Waals surface area contributed by atoms with Crippen LogP contribution in [0.4, 0.5) is 4.39 Å². The van der Waals surface area contributed by atoms with Crippen LogP contribution >= 0.6 is 0 Å². The van der Waals surface area contributed by atoms with E-state index in [4.69, 9.17) is 4.84 Å². The van der Waals surface area contributed by atoms with E-state index < -0.39 is 5.97 Å². The molecule has 0 aromatic heterocycles. The normalized spacial score (nSPS) is 16.5. The van der Waals surface area contributed by atoms with E-state index in [2.05, 4.69) is 5.16 Å². The van der Waals surface area contributed by atoms with Gasteiger partial charge in [-0.1, -0.05) is 5.16 Å². The summed E-state index contributed by atoms with van der Waals surface area (Å²) in [5, 5.41) is 3.77. The van der Waals surface area contributed by atoms with Crippen molar-refractivity contribution in [2.45, 2.75) is 13.8 Å².